The summed E-state index contributed by atoms with van der Waals surface area (Å²) in [4.78, 5) is 0. The van der Waals surface area contributed by atoms with Gasteiger partial charge in [0.2, 0.25) is 0 Å². The van der Waals surface area contributed by atoms with Gasteiger partial charge in [-0.25, -0.2) is 0 Å². The second-order valence-electron chi connectivity index (χ2n) is 5.21. The molecule has 2 rings (SSSR count). The van der Waals surface area contributed by atoms with Gasteiger partial charge in [-0.3, -0.25) is 0 Å². The molecule has 0 saturated carbocycles. The molecule has 0 aliphatic carbocycles. The maximum absolute atomic E-state index is 3.28. The predicted molar refractivity (Wildman–Crippen MR) is 72.4 cm³/mol. The van der Waals surface area contributed by atoms with Gasteiger partial charge < -0.3 is 0 Å². The Balaban J connectivity index is 0.00000162. The predicted octanol–water partition coefficient (Wildman–Crippen LogP) is 4.71. The first-order valence-electron chi connectivity index (χ1n) is 5.97. The molecule has 0 radical (unpaired) electrons. The van der Waals surface area contributed by atoms with Gasteiger partial charge in [0, 0.05) is 19.5 Å². The summed E-state index contributed by atoms with van der Waals surface area (Å²) in [6, 6.07) is 8.56. The van der Waals surface area contributed by atoms with E-state index in [9.17, 15) is 0 Å². The van der Waals surface area contributed by atoms with E-state index in [1.54, 1.807) is 0 Å². The molecule has 0 aromatic carbocycles. The Labute approximate surface area is 122 Å². The Bertz CT molecular complexity index is 462. The van der Waals surface area contributed by atoms with Crippen molar-refractivity contribution in [2.24, 2.45) is 0 Å². The van der Waals surface area contributed by atoms with Gasteiger partial charge in [-0.15, -0.1) is 0 Å². The first-order valence-corrected chi connectivity index (χ1v) is 13.5. The fourth-order valence-electron chi connectivity index (χ4n) is 2.22. The van der Waals surface area contributed by atoms with Gasteiger partial charge in [0.25, 0.3) is 0 Å². The van der Waals surface area contributed by atoms with Crippen molar-refractivity contribution < 1.29 is 32.4 Å². The maximum Gasteiger partial charge on any atom is 0 e. The van der Waals surface area contributed by atoms with Crippen LogP contribution in [0.15, 0.2) is 49.1 Å². The first-order chi connectivity index (χ1) is 7.91. The van der Waals surface area contributed by atoms with Crippen molar-refractivity contribution in [3.8, 4) is 0 Å². The summed E-state index contributed by atoms with van der Waals surface area (Å²) in [6.45, 7) is 4.67. The average molecular weight is 422 g/mol. The Morgan fingerprint density at radius 1 is 0.722 bits per heavy atom. The van der Waals surface area contributed by atoms with Gasteiger partial charge in [0.15, 0.2) is 0 Å². The van der Waals surface area contributed by atoms with E-state index < -0.39 is 12.9 Å². The summed E-state index contributed by atoms with van der Waals surface area (Å²) in [5, 5.41) is 2.39. The molecule has 2 heterocycles. The van der Waals surface area contributed by atoms with Crippen molar-refractivity contribution in [1.29, 1.82) is 0 Å². The standard InChI is InChI=1S/2C4H4N.2C2H5.2CH3.2Ru/c2*1-2-4-5-3-1;2*1-2;;;;/h2*1-4H;2*1H2,2H3;2*1H3;;/q2*-1;;;;;;+2. The number of aromatic nitrogens is 2. The van der Waals surface area contributed by atoms with E-state index >= 15 is 0 Å². The Morgan fingerprint density at radius 2 is 1.00 bits per heavy atom. The number of hydrogen-bond donors (Lipinski definition) is 0. The summed E-state index contributed by atoms with van der Waals surface area (Å²) in [7, 11) is 0. The summed E-state index contributed by atoms with van der Waals surface area (Å²) in [6.07, 6.45) is 8.97. The molecule has 2 aromatic heterocycles. The molecule has 0 amide bonds. The van der Waals surface area contributed by atoms with Gasteiger partial charge in [-0.05, 0) is 0 Å². The van der Waals surface area contributed by atoms with Crippen molar-refractivity contribution in [3.05, 3.63) is 49.1 Å². The second kappa shape index (κ2) is 4.42. The van der Waals surface area contributed by atoms with Gasteiger partial charge in [0.05, 0.1) is 0 Å². The van der Waals surface area contributed by atoms with Crippen molar-refractivity contribution in [3.63, 3.8) is 0 Å². The Morgan fingerprint density at radius 3 is 1.22 bits per heavy atom. The fourth-order valence-corrected chi connectivity index (χ4v) is 10.7. The minimum atomic E-state index is -3.28. The van der Waals surface area contributed by atoms with Gasteiger partial charge in [0.1, 0.15) is 0 Å². The molecule has 2 aromatic rings. The van der Waals surface area contributed by atoms with Crippen LogP contribution in [0.2, 0.25) is 21.1 Å². The zero-order valence-corrected chi connectivity index (χ0v) is 15.1. The summed E-state index contributed by atoms with van der Waals surface area (Å²) in [5.41, 5.74) is 5.03. The van der Waals surface area contributed by atoms with Crippen LogP contribution in [-0.4, -0.2) is 6.62 Å². The smallest absolute Gasteiger partial charge is 0 e. The maximum atomic E-state index is 2.52. The van der Waals surface area contributed by atoms with Gasteiger partial charge in [-0.1, -0.05) is 0 Å². The molecule has 0 N–H and O–H groups in total. The normalized spacial score (nSPS) is 15.6. The van der Waals surface area contributed by atoms with Crippen LogP contribution in [0.5, 0.6) is 0 Å². The molecule has 0 aliphatic rings. The second-order valence-corrected chi connectivity index (χ2v) is 22.6. The molecule has 0 fully saturated rings. The van der Waals surface area contributed by atoms with Crippen LogP contribution in [0.25, 0.3) is 0 Å². The fraction of sp³-hybridized carbons (Fsp3) is 0.429. The van der Waals surface area contributed by atoms with Crippen molar-refractivity contribution >= 4 is 0 Å². The molecular weight excluding hydrogens is 398 g/mol. The molecule has 0 aliphatic heterocycles. The van der Waals surface area contributed by atoms with Crippen LogP contribution in [0.3, 0.4) is 0 Å². The molecule has 0 saturated heterocycles. The topological polar surface area (TPSA) is 9.86 Å². The quantitative estimate of drug-likeness (QED) is 0.632. The summed E-state index contributed by atoms with van der Waals surface area (Å²) < 4.78 is 5.03. The summed E-state index contributed by atoms with van der Waals surface area (Å²) in [5.74, 6) is 0. The van der Waals surface area contributed by atoms with Crippen LogP contribution in [0.4, 0.5) is 0 Å². The first kappa shape index (κ1) is 15.9. The van der Waals surface area contributed by atoms with Crippen LogP contribution in [0, 0.1) is 0 Å². The molecular formula is C14H24N2Ru2. The SMILES string of the molecule is C[CH2][Ru]([CH3])([CH3])([CH2]C)([n]1cccc1)[n]1cccc1.[Ru]. The third-order valence-electron chi connectivity index (χ3n) is 4.33. The number of rotatable bonds is 4. The molecule has 2 nitrogen and oxygen atoms in total. The zero-order valence-electron chi connectivity index (χ0n) is 11.6. The van der Waals surface area contributed by atoms with E-state index in [4.69, 9.17) is 0 Å². The van der Waals surface area contributed by atoms with E-state index in [0.29, 0.717) is 0 Å². The minimum absolute atomic E-state index is 0. The van der Waals surface area contributed by atoms with Crippen LogP contribution in [0.1, 0.15) is 13.8 Å². The van der Waals surface area contributed by atoms with Crippen molar-refractivity contribution in [1.82, 2.24) is 6.62 Å². The molecule has 0 unspecified atom stereocenters. The number of hydrogen-bond acceptors (Lipinski definition) is 0. The summed E-state index contributed by atoms with van der Waals surface area (Å²) >= 11 is -3.28. The van der Waals surface area contributed by atoms with Crippen LogP contribution >= 0.6 is 0 Å². The Kier molecular flexibility index (Phi) is 3.90. The largest absolute Gasteiger partial charge is 0 e. The van der Waals surface area contributed by atoms with E-state index in [1.807, 2.05) is 0 Å². The van der Waals surface area contributed by atoms with E-state index in [-0.39, 0.29) is 19.5 Å². The monoisotopic (exact) mass is 424 g/mol. The third-order valence-corrected chi connectivity index (χ3v) is 21.2. The van der Waals surface area contributed by atoms with Crippen LogP contribution < -0.4 is 0 Å². The van der Waals surface area contributed by atoms with E-state index in [2.05, 4.69) is 80.6 Å². The molecule has 0 bridgehead atoms. The molecule has 18 heavy (non-hydrogen) atoms. The van der Waals surface area contributed by atoms with Gasteiger partial charge >= 0.3 is 103 Å². The molecule has 0 atom stereocenters. The van der Waals surface area contributed by atoms with E-state index in [1.165, 1.54) is 10.0 Å². The zero-order chi connectivity index (χ0) is 12.6. The van der Waals surface area contributed by atoms with Crippen molar-refractivity contribution in [2.45, 2.75) is 34.9 Å². The van der Waals surface area contributed by atoms with E-state index in [0.717, 1.165) is 0 Å². The Hall–Kier alpha value is -0.193. The third kappa shape index (κ3) is 1.81. The van der Waals surface area contributed by atoms with Crippen molar-refractivity contribution in [2.75, 3.05) is 0 Å². The molecule has 106 valence electrons. The number of nitrogens with zero attached hydrogens (tertiary/aromatic N) is 2. The molecule has 0 spiro atoms. The molecule has 4 heteroatoms. The minimum Gasteiger partial charge on any atom is 0 e. The van der Waals surface area contributed by atoms with Crippen LogP contribution in [-0.2, 0) is 32.4 Å². The van der Waals surface area contributed by atoms with Gasteiger partial charge in [-0.2, -0.15) is 0 Å². The average Bonchev–Trinajstić information content (AvgIpc) is 3.03.